The minimum Gasteiger partial charge on any atom is -0.483 e. The Morgan fingerprint density at radius 3 is 2.39 bits per heavy atom. The third-order valence-electron chi connectivity index (χ3n) is 5.41. The average molecular weight is 538 g/mol. The Morgan fingerprint density at radius 2 is 1.82 bits per heavy atom. The van der Waals surface area contributed by atoms with Crippen LogP contribution in [0.5, 0.6) is 5.75 Å². The summed E-state index contributed by atoms with van der Waals surface area (Å²) in [6, 6.07) is 12.5. The van der Waals surface area contributed by atoms with Crippen molar-refractivity contribution in [3.05, 3.63) is 63.1 Å². The van der Waals surface area contributed by atoms with Crippen LogP contribution in [0.3, 0.4) is 0 Å². The number of unbranched alkanes of at least 4 members (excludes halogenated alkanes) is 1. The highest BCUT2D eigenvalue weighted by Crippen LogP contribution is 2.31. The number of nitrogens with zero attached hydrogens (tertiary/aromatic N) is 1. The molecule has 0 aliphatic carbocycles. The fourth-order valence-electron chi connectivity index (χ4n) is 3.21. The summed E-state index contributed by atoms with van der Waals surface area (Å²) < 4.78 is 6.63. The minimum absolute atomic E-state index is 0.00676. The van der Waals surface area contributed by atoms with Gasteiger partial charge in [0.1, 0.15) is 11.8 Å². The van der Waals surface area contributed by atoms with Crippen molar-refractivity contribution in [2.75, 3.05) is 13.2 Å². The predicted molar refractivity (Wildman–Crippen MR) is 138 cm³/mol. The maximum absolute atomic E-state index is 13.2. The number of ether oxygens (including phenoxy) is 1. The first-order chi connectivity index (χ1) is 15.5. The summed E-state index contributed by atoms with van der Waals surface area (Å²) in [4.78, 5) is 27.4. The van der Waals surface area contributed by atoms with Crippen LogP contribution in [0.25, 0.3) is 0 Å². The number of carbonyl (C=O) groups excluding carboxylic acids is 2. The second-order valence-corrected chi connectivity index (χ2v) is 10.4. The van der Waals surface area contributed by atoms with E-state index in [0.29, 0.717) is 17.3 Å². The van der Waals surface area contributed by atoms with Gasteiger partial charge in [0, 0.05) is 18.1 Å². The van der Waals surface area contributed by atoms with Crippen molar-refractivity contribution in [1.82, 2.24) is 10.2 Å². The van der Waals surface area contributed by atoms with Crippen molar-refractivity contribution in [2.45, 2.75) is 65.5 Å². The van der Waals surface area contributed by atoms with Crippen LogP contribution in [0.15, 0.2) is 46.9 Å². The van der Waals surface area contributed by atoms with Crippen LogP contribution in [0, 0.1) is 0 Å². The number of nitrogens with one attached hydrogen (secondary N) is 1. The summed E-state index contributed by atoms with van der Waals surface area (Å²) in [6.07, 6.45) is 1.88. The molecule has 33 heavy (non-hydrogen) atoms. The molecule has 2 amide bonds. The molecule has 0 aromatic heterocycles. The number of amides is 2. The summed E-state index contributed by atoms with van der Waals surface area (Å²) in [5.74, 6) is 0.138. The second kappa shape index (κ2) is 12.4. The van der Waals surface area contributed by atoms with E-state index >= 15 is 0 Å². The largest absolute Gasteiger partial charge is 0.483 e. The van der Waals surface area contributed by atoms with Gasteiger partial charge in [0.15, 0.2) is 6.61 Å². The van der Waals surface area contributed by atoms with Crippen LogP contribution in [0.4, 0.5) is 0 Å². The third kappa shape index (κ3) is 8.35. The normalized spacial score (nSPS) is 12.2. The maximum Gasteiger partial charge on any atom is 0.261 e. The number of hydrogen-bond donors (Lipinski definition) is 1. The molecule has 1 unspecified atom stereocenters. The molecule has 5 nitrogen and oxygen atoms in total. The van der Waals surface area contributed by atoms with E-state index in [-0.39, 0.29) is 30.4 Å². The van der Waals surface area contributed by atoms with Crippen molar-refractivity contribution in [1.29, 1.82) is 0 Å². The Hall–Kier alpha value is -2.05. The van der Waals surface area contributed by atoms with Gasteiger partial charge in [-0.3, -0.25) is 9.59 Å². The van der Waals surface area contributed by atoms with E-state index in [1.54, 1.807) is 24.0 Å². The molecule has 1 N–H and O–H groups in total. The first-order valence-electron chi connectivity index (χ1n) is 11.3. The van der Waals surface area contributed by atoms with Gasteiger partial charge >= 0.3 is 0 Å². The highest BCUT2D eigenvalue weighted by atomic mass is 79.9. The lowest BCUT2D eigenvalue weighted by molar-refractivity contribution is -0.142. The van der Waals surface area contributed by atoms with Crippen molar-refractivity contribution in [3.63, 3.8) is 0 Å². The molecule has 0 aliphatic rings. The molecule has 0 fully saturated rings. The third-order valence-corrected chi connectivity index (χ3v) is 6.28. The van der Waals surface area contributed by atoms with Gasteiger partial charge in [0.05, 0.1) is 4.47 Å². The fourth-order valence-corrected chi connectivity index (χ4v) is 3.83. The quantitative estimate of drug-likeness (QED) is 0.372. The van der Waals surface area contributed by atoms with Crippen molar-refractivity contribution in [3.8, 4) is 5.75 Å². The highest BCUT2D eigenvalue weighted by Gasteiger charge is 2.26. The molecule has 2 aromatic carbocycles. The van der Waals surface area contributed by atoms with Gasteiger partial charge in [-0.25, -0.2) is 0 Å². The first kappa shape index (κ1) is 27.2. The van der Waals surface area contributed by atoms with Gasteiger partial charge in [0.2, 0.25) is 5.91 Å². The van der Waals surface area contributed by atoms with E-state index in [9.17, 15) is 9.59 Å². The maximum atomic E-state index is 13.2. The topological polar surface area (TPSA) is 58.6 Å². The molecule has 0 saturated carbocycles. The molecule has 2 rings (SSSR count). The zero-order chi connectivity index (χ0) is 24.6. The Bertz CT molecular complexity index is 942. The molecule has 180 valence electrons. The monoisotopic (exact) mass is 536 g/mol. The van der Waals surface area contributed by atoms with E-state index in [1.807, 2.05) is 30.3 Å². The van der Waals surface area contributed by atoms with E-state index in [0.717, 1.165) is 28.4 Å². The highest BCUT2D eigenvalue weighted by molar-refractivity contribution is 9.10. The summed E-state index contributed by atoms with van der Waals surface area (Å²) in [7, 11) is 0. The van der Waals surface area contributed by atoms with E-state index in [2.05, 4.69) is 48.9 Å². The Morgan fingerprint density at radius 1 is 1.15 bits per heavy atom. The van der Waals surface area contributed by atoms with Gasteiger partial charge in [-0.2, -0.15) is 0 Å². The van der Waals surface area contributed by atoms with Crippen molar-refractivity contribution < 1.29 is 14.3 Å². The number of rotatable bonds is 10. The van der Waals surface area contributed by atoms with Gasteiger partial charge in [-0.1, -0.05) is 63.9 Å². The molecule has 0 bridgehead atoms. The van der Waals surface area contributed by atoms with Gasteiger partial charge in [0.25, 0.3) is 5.91 Å². The Labute approximate surface area is 211 Å². The van der Waals surface area contributed by atoms with Crippen molar-refractivity contribution >= 4 is 39.3 Å². The van der Waals surface area contributed by atoms with Gasteiger partial charge in [-0.15, -0.1) is 0 Å². The zero-order valence-electron chi connectivity index (χ0n) is 20.1. The van der Waals surface area contributed by atoms with Gasteiger partial charge < -0.3 is 15.0 Å². The molecule has 0 spiro atoms. The lowest BCUT2D eigenvalue weighted by Gasteiger charge is -2.29. The molecule has 0 aliphatic heterocycles. The number of carbonyl (C=O) groups is 2. The van der Waals surface area contributed by atoms with Crippen LogP contribution in [-0.4, -0.2) is 35.9 Å². The summed E-state index contributed by atoms with van der Waals surface area (Å²) >= 11 is 9.55. The molecular formula is C26H34BrClN2O3. The SMILES string of the molecule is CCCCNC(=O)C(C)N(Cc1ccc(Cl)cc1)C(=O)COc1ccc(C(C)(C)C)cc1Br. The molecule has 7 heteroatoms. The zero-order valence-corrected chi connectivity index (χ0v) is 22.4. The smallest absolute Gasteiger partial charge is 0.261 e. The first-order valence-corrected chi connectivity index (χ1v) is 12.4. The summed E-state index contributed by atoms with van der Waals surface area (Å²) in [5.41, 5.74) is 2.05. The Balaban J connectivity index is 2.15. The number of halogens is 2. The number of benzene rings is 2. The van der Waals surface area contributed by atoms with E-state index in [4.69, 9.17) is 16.3 Å². The van der Waals surface area contributed by atoms with E-state index in [1.165, 1.54) is 0 Å². The van der Waals surface area contributed by atoms with Crippen LogP contribution >= 0.6 is 27.5 Å². The fraction of sp³-hybridized carbons (Fsp3) is 0.462. The lowest BCUT2D eigenvalue weighted by atomic mass is 9.87. The van der Waals surface area contributed by atoms with E-state index < -0.39 is 6.04 Å². The molecule has 0 heterocycles. The second-order valence-electron chi connectivity index (χ2n) is 9.15. The standard InChI is InChI=1S/C26H34BrClN2O3/c1-6-7-14-29-25(32)18(2)30(16-19-8-11-21(28)12-9-19)24(31)17-33-23-13-10-20(15-22(23)27)26(3,4)5/h8-13,15,18H,6-7,14,16-17H2,1-5H3,(H,29,32). The lowest BCUT2D eigenvalue weighted by Crippen LogP contribution is -2.49. The van der Waals surface area contributed by atoms with Crippen molar-refractivity contribution in [2.24, 2.45) is 0 Å². The summed E-state index contributed by atoms with van der Waals surface area (Å²) in [6.45, 7) is 10.9. The molecule has 0 radical (unpaired) electrons. The van der Waals surface area contributed by atoms with Crippen LogP contribution in [-0.2, 0) is 21.5 Å². The van der Waals surface area contributed by atoms with Crippen LogP contribution < -0.4 is 10.1 Å². The molecule has 0 saturated heterocycles. The molecular weight excluding hydrogens is 504 g/mol. The Kier molecular flexibility index (Phi) is 10.2. The average Bonchev–Trinajstić information content (AvgIpc) is 2.76. The molecule has 2 aromatic rings. The predicted octanol–water partition coefficient (Wildman–Crippen LogP) is 6.11. The number of hydrogen-bond acceptors (Lipinski definition) is 3. The minimum atomic E-state index is -0.639. The van der Waals surface area contributed by atoms with Gasteiger partial charge in [-0.05, 0) is 70.1 Å². The van der Waals surface area contributed by atoms with Crippen LogP contribution in [0.1, 0.15) is 58.6 Å². The molecule has 1 atom stereocenters. The van der Waals surface area contributed by atoms with Crippen LogP contribution in [0.2, 0.25) is 5.02 Å². The summed E-state index contributed by atoms with van der Waals surface area (Å²) in [5, 5.41) is 3.53.